The van der Waals surface area contributed by atoms with Crippen LogP contribution in [0.4, 0.5) is 5.69 Å². The van der Waals surface area contributed by atoms with Gasteiger partial charge < -0.3 is 10.1 Å². The second kappa shape index (κ2) is 6.17. The number of aryl methyl sites for hydroxylation is 2. The Kier molecular flexibility index (Phi) is 4.09. The number of fused-ring (bicyclic) bond motifs is 1. The lowest BCUT2D eigenvalue weighted by molar-refractivity contribution is 0.399. The average molecular weight is 282 g/mol. The number of pyridine rings is 1. The Labute approximate surface area is 126 Å². The summed E-state index contributed by atoms with van der Waals surface area (Å²) >= 11 is 0. The van der Waals surface area contributed by atoms with Gasteiger partial charge >= 0.3 is 0 Å². The predicted octanol–water partition coefficient (Wildman–Crippen LogP) is 4.14. The van der Waals surface area contributed by atoms with Gasteiger partial charge in [0.25, 0.3) is 0 Å². The van der Waals surface area contributed by atoms with Crippen molar-refractivity contribution in [2.75, 3.05) is 12.4 Å². The number of hydrogen-bond acceptors (Lipinski definition) is 3. The molecule has 0 fully saturated rings. The van der Waals surface area contributed by atoms with Crippen molar-refractivity contribution in [1.29, 1.82) is 0 Å². The summed E-state index contributed by atoms with van der Waals surface area (Å²) in [5.41, 5.74) is 5.30. The van der Waals surface area contributed by atoms with Crippen molar-refractivity contribution >= 4 is 5.69 Å². The monoisotopic (exact) mass is 282 g/mol. The number of hydrogen-bond donors (Lipinski definition) is 1. The molecule has 3 heteroatoms. The molecule has 21 heavy (non-hydrogen) atoms. The van der Waals surface area contributed by atoms with Crippen LogP contribution in [0.2, 0.25) is 0 Å². The van der Waals surface area contributed by atoms with E-state index in [0.29, 0.717) is 5.88 Å². The molecular weight excluding hydrogens is 260 g/mol. The summed E-state index contributed by atoms with van der Waals surface area (Å²) in [5.74, 6) is 0.641. The normalized spacial score (nSPS) is 15.1. The Bertz CT molecular complexity index is 624. The van der Waals surface area contributed by atoms with Gasteiger partial charge in [-0.3, -0.25) is 0 Å². The SMILES string of the molecule is COc1ncccc1NC(C)c1ccc2c(c1)CCCC2. The second-order valence-electron chi connectivity index (χ2n) is 5.66. The van der Waals surface area contributed by atoms with Crippen LogP contribution in [0.3, 0.4) is 0 Å². The molecule has 0 saturated heterocycles. The summed E-state index contributed by atoms with van der Waals surface area (Å²) < 4.78 is 5.30. The standard InChI is InChI=1S/C18H22N2O/c1-13(20-17-8-5-11-19-18(17)21-2)15-10-9-14-6-3-4-7-16(14)12-15/h5,8-13,20H,3-4,6-7H2,1-2H3. The topological polar surface area (TPSA) is 34.1 Å². The molecule has 1 aliphatic carbocycles. The predicted molar refractivity (Wildman–Crippen MR) is 85.9 cm³/mol. The van der Waals surface area contributed by atoms with E-state index < -0.39 is 0 Å². The van der Waals surface area contributed by atoms with E-state index in [2.05, 4.69) is 35.4 Å². The van der Waals surface area contributed by atoms with Gasteiger partial charge in [0.15, 0.2) is 0 Å². The Balaban J connectivity index is 1.80. The lowest BCUT2D eigenvalue weighted by atomic mass is 9.89. The Morgan fingerprint density at radius 2 is 1.95 bits per heavy atom. The van der Waals surface area contributed by atoms with Gasteiger partial charge in [-0.15, -0.1) is 0 Å². The van der Waals surface area contributed by atoms with Gasteiger partial charge in [-0.25, -0.2) is 4.98 Å². The number of anilines is 1. The third-order valence-electron chi connectivity index (χ3n) is 4.21. The van der Waals surface area contributed by atoms with Gasteiger partial charge in [-0.05, 0) is 61.4 Å². The third kappa shape index (κ3) is 3.02. The highest BCUT2D eigenvalue weighted by Crippen LogP contribution is 2.28. The van der Waals surface area contributed by atoms with Crippen LogP contribution < -0.4 is 10.1 Å². The molecule has 3 rings (SSSR count). The molecule has 0 aliphatic heterocycles. The summed E-state index contributed by atoms with van der Waals surface area (Å²) in [4.78, 5) is 4.23. The molecule has 110 valence electrons. The first-order valence-electron chi connectivity index (χ1n) is 7.65. The summed E-state index contributed by atoms with van der Waals surface area (Å²) in [7, 11) is 1.65. The highest BCUT2D eigenvalue weighted by atomic mass is 16.5. The van der Waals surface area contributed by atoms with E-state index in [1.165, 1.54) is 42.4 Å². The number of nitrogens with one attached hydrogen (secondary N) is 1. The van der Waals surface area contributed by atoms with Gasteiger partial charge in [0.2, 0.25) is 5.88 Å². The van der Waals surface area contributed by atoms with E-state index in [0.717, 1.165) is 5.69 Å². The van der Waals surface area contributed by atoms with Gasteiger partial charge in [0, 0.05) is 12.2 Å². The number of nitrogens with zero attached hydrogens (tertiary/aromatic N) is 1. The molecule has 2 aromatic rings. The molecule has 1 unspecified atom stereocenters. The van der Waals surface area contributed by atoms with E-state index >= 15 is 0 Å². The van der Waals surface area contributed by atoms with E-state index in [9.17, 15) is 0 Å². The van der Waals surface area contributed by atoms with Crippen LogP contribution in [0.1, 0.15) is 42.5 Å². The quantitative estimate of drug-likeness (QED) is 0.915. The van der Waals surface area contributed by atoms with Crippen molar-refractivity contribution in [1.82, 2.24) is 4.98 Å². The smallest absolute Gasteiger partial charge is 0.237 e. The van der Waals surface area contributed by atoms with Crippen LogP contribution in [0.25, 0.3) is 0 Å². The first kappa shape index (κ1) is 13.9. The van der Waals surface area contributed by atoms with Crippen LogP contribution in [-0.4, -0.2) is 12.1 Å². The fraction of sp³-hybridized carbons (Fsp3) is 0.389. The zero-order valence-corrected chi connectivity index (χ0v) is 12.7. The molecule has 1 N–H and O–H groups in total. The highest BCUT2D eigenvalue weighted by Gasteiger charge is 2.13. The van der Waals surface area contributed by atoms with Crippen LogP contribution in [0, 0.1) is 0 Å². The molecule has 1 atom stereocenters. The van der Waals surface area contributed by atoms with Crippen molar-refractivity contribution in [3.05, 3.63) is 53.2 Å². The molecular formula is C18H22N2O. The highest BCUT2D eigenvalue weighted by molar-refractivity contribution is 5.53. The first-order valence-corrected chi connectivity index (χ1v) is 7.65. The van der Waals surface area contributed by atoms with Crippen LogP contribution >= 0.6 is 0 Å². The number of aromatic nitrogens is 1. The number of benzene rings is 1. The minimum atomic E-state index is 0.232. The summed E-state index contributed by atoms with van der Waals surface area (Å²) in [6.45, 7) is 2.18. The van der Waals surface area contributed by atoms with E-state index in [4.69, 9.17) is 4.74 Å². The third-order valence-corrected chi connectivity index (χ3v) is 4.21. The number of rotatable bonds is 4. The van der Waals surface area contributed by atoms with Crippen LogP contribution in [0.15, 0.2) is 36.5 Å². The number of methoxy groups -OCH3 is 1. The zero-order valence-electron chi connectivity index (χ0n) is 12.7. The summed E-state index contributed by atoms with van der Waals surface area (Å²) in [5, 5.41) is 3.50. The van der Waals surface area contributed by atoms with E-state index in [1.807, 2.05) is 12.1 Å². The van der Waals surface area contributed by atoms with Gasteiger partial charge in [-0.2, -0.15) is 0 Å². The van der Waals surface area contributed by atoms with Crippen molar-refractivity contribution in [3.63, 3.8) is 0 Å². The first-order chi connectivity index (χ1) is 10.3. The molecule has 0 radical (unpaired) electrons. The molecule has 1 aromatic carbocycles. The van der Waals surface area contributed by atoms with E-state index in [1.54, 1.807) is 13.3 Å². The Morgan fingerprint density at radius 3 is 2.76 bits per heavy atom. The fourth-order valence-corrected chi connectivity index (χ4v) is 3.00. The largest absolute Gasteiger partial charge is 0.480 e. The molecule has 0 amide bonds. The summed E-state index contributed by atoms with van der Waals surface area (Å²) in [6, 6.07) is 11.0. The maximum Gasteiger partial charge on any atom is 0.237 e. The molecule has 0 spiro atoms. The molecule has 3 nitrogen and oxygen atoms in total. The molecule has 0 saturated carbocycles. The van der Waals surface area contributed by atoms with Crippen molar-refractivity contribution in [3.8, 4) is 5.88 Å². The molecule has 1 heterocycles. The van der Waals surface area contributed by atoms with Crippen molar-refractivity contribution < 1.29 is 4.74 Å². The maximum atomic E-state index is 5.30. The lowest BCUT2D eigenvalue weighted by Crippen LogP contribution is -2.10. The zero-order chi connectivity index (χ0) is 14.7. The summed E-state index contributed by atoms with van der Waals surface area (Å²) in [6.07, 6.45) is 6.83. The minimum Gasteiger partial charge on any atom is -0.480 e. The van der Waals surface area contributed by atoms with Crippen molar-refractivity contribution in [2.24, 2.45) is 0 Å². The molecule has 1 aliphatic rings. The molecule has 0 bridgehead atoms. The lowest BCUT2D eigenvalue weighted by Gasteiger charge is -2.21. The van der Waals surface area contributed by atoms with Gasteiger partial charge in [0.05, 0.1) is 12.8 Å². The maximum absolute atomic E-state index is 5.30. The van der Waals surface area contributed by atoms with Crippen molar-refractivity contribution in [2.45, 2.75) is 38.6 Å². The Hall–Kier alpha value is -2.03. The minimum absolute atomic E-state index is 0.232. The Morgan fingerprint density at radius 1 is 1.14 bits per heavy atom. The number of ether oxygens (including phenoxy) is 1. The second-order valence-corrected chi connectivity index (χ2v) is 5.66. The van der Waals surface area contributed by atoms with Crippen LogP contribution in [-0.2, 0) is 12.8 Å². The van der Waals surface area contributed by atoms with Gasteiger partial charge in [-0.1, -0.05) is 18.2 Å². The van der Waals surface area contributed by atoms with Gasteiger partial charge in [0.1, 0.15) is 0 Å². The van der Waals surface area contributed by atoms with Crippen LogP contribution in [0.5, 0.6) is 5.88 Å². The molecule has 1 aromatic heterocycles. The fourth-order valence-electron chi connectivity index (χ4n) is 3.00. The average Bonchev–Trinajstić information content (AvgIpc) is 2.55. The van der Waals surface area contributed by atoms with E-state index in [-0.39, 0.29) is 6.04 Å².